The zero-order valence-electron chi connectivity index (χ0n) is 15.8. The Hall–Kier alpha value is -2.84. The zero-order valence-corrected chi connectivity index (χ0v) is 16.6. The summed E-state index contributed by atoms with van der Waals surface area (Å²) in [6, 6.07) is 9.38. The van der Waals surface area contributed by atoms with Crippen LogP contribution in [0.5, 0.6) is 0 Å². The molecule has 28 heavy (non-hydrogen) atoms. The molecule has 3 aromatic rings. The molecule has 0 bridgehead atoms. The van der Waals surface area contributed by atoms with Gasteiger partial charge in [0.2, 0.25) is 5.91 Å². The van der Waals surface area contributed by atoms with Gasteiger partial charge in [-0.05, 0) is 18.6 Å². The van der Waals surface area contributed by atoms with E-state index in [-0.39, 0.29) is 11.5 Å². The summed E-state index contributed by atoms with van der Waals surface area (Å²) in [5.41, 5.74) is 2.98. The van der Waals surface area contributed by atoms with Gasteiger partial charge >= 0.3 is 0 Å². The van der Waals surface area contributed by atoms with Crippen LogP contribution in [0.4, 0.5) is 0 Å². The van der Waals surface area contributed by atoms with Gasteiger partial charge in [0.05, 0.1) is 17.2 Å². The van der Waals surface area contributed by atoms with Gasteiger partial charge in [0.25, 0.3) is 5.56 Å². The number of hydrogen-bond acceptors (Lipinski definition) is 6. The normalized spacial score (nSPS) is 15.2. The molecule has 1 amide bonds. The highest BCUT2D eigenvalue weighted by Crippen LogP contribution is 2.22. The number of hydrogen-bond donors (Lipinski definition) is 1. The molecule has 7 nitrogen and oxygen atoms in total. The SMILES string of the molecule is Cc1nc(-c2cc(=O)[nH]c(-c3cccc(CN4CCN(C)C(=O)C4)c3)n2)cs1. The number of nitrogens with zero attached hydrogens (tertiary/aromatic N) is 4. The fraction of sp³-hybridized carbons (Fsp3) is 0.300. The number of likely N-dealkylation sites (N-methyl/N-ethyl adjacent to an activating group) is 1. The van der Waals surface area contributed by atoms with Gasteiger partial charge in [0.1, 0.15) is 11.5 Å². The van der Waals surface area contributed by atoms with E-state index < -0.39 is 0 Å². The number of H-pyrrole nitrogens is 1. The highest BCUT2D eigenvalue weighted by Gasteiger charge is 2.21. The third kappa shape index (κ3) is 4.02. The van der Waals surface area contributed by atoms with Crippen molar-refractivity contribution in [3.63, 3.8) is 0 Å². The molecule has 1 fully saturated rings. The van der Waals surface area contributed by atoms with E-state index in [2.05, 4.69) is 19.9 Å². The van der Waals surface area contributed by atoms with E-state index in [1.165, 1.54) is 17.4 Å². The van der Waals surface area contributed by atoms with Crippen molar-refractivity contribution in [2.75, 3.05) is 26.7 Å². The van der Waals surface area contributed by atoms with Gasteiger partial charge in [0, 0.05) is 43.7 Å². The van der Waals surface area contributed by atoms with E-state index in [0.717, 1.165) is 29.2 Å². The number of piperazine rings is 1. The summed E-state index contributed by atoms with van der Waals surface area (Å²) >= 11 is 1.53. The monoisotopic (exact) mass is 395 g/mol. The molecule has 1 aliphatic rings. The lowest BCUT2D eigenvalue weighted by atomic mass is 10.1. The maximum atomic E-state index is 12.2. The fourth-order valence-electron chi connectivity index (χ4n) is 3.22. The summed E-state index contributed by atoms with van der Waals surface area (Å²) in [7, 11) is 1.83. The minimum Gasteiger partial charge on any atom is -0.343 e. The average molecular weight is 395 g/mol. The van der Waals surface area contributed by atoms with E-state index in [4.69, 9.17) is 0 Å². The molecule has 0 saturated carbocycles. The molecule has 4 rings (SSSR count). The van der Waals surface area contributed by atoms with Crippen LogP contribution in [0.3, 0.4) is 0 Å². The van der Waals surface area contributed by atoms with Gasteiger partial charge < -0.3 is 9.88 Å². The number of nitrogens with one attached hydrogen (secondary N) is 1. The van der Waals surface area contributed by atoms with Gasteiger partial charge in [-0.25, -0.2) is 9.97 Å². The second-order valence-corrected chi connectivity index (χ2v) is 8.02. The number of carbonyl (C=O) groups excluding carboxylic acids is 1. The Morgan fingerprint density at radius 1 is 1.14 bits per heavy atom. The lowest BCUT2D eigenvalue weighted by Gasteiger charge is -2.31. The number of benzene rings is 1. The van der Waals surface area contributed by atoms with Crippen LogP contribution in [0.2, 0.25) is 0 Å². The van der Waals surface area contributed by atoms with Crippen molar-refractivity contribution in [3.05, 3.63) is 56.6 Å². The van der Waals surface area contributed by atoms with Crippen LogP contribution in [-0.4, -0.2) is 57.3 Å². The molecule has 8 heteroatoms. The first kappa shape index (κ1) is 18.5. The third-order valence-corrected chi connectivity index (χ3v) is 5.54. The molecule has 0 aliphatic carbocycles. The van der Waals surface area contributed by atoms with Crippen LogP contribution in [0.1, 0.15) is 10.6 Å². The maximum Gasteiger partial charge on any atom is 0.251 e. The number of aromatic amines is 1. The molecule has 0 spiro atoms. The van der Waals surface area contributed by atoms with Crippen molar-refractivity contribution in [1.29, 1.82) is 0 Å². The minimum atomic E-state index is -0.208. The molecule has 0 unspecified atom stereocenters. The molecular formula is C20H21N5O2S. The highest BCUT2D eigenvalue weighted by atomic mass is 32.1. The summed E-state index contributed by atoms with van der Waals surface area (Å²) < 4.78 is 0. The molecule has 1 N–H and O–H groups in total. The smallest absolute Gasteiger partial charge is 0.251 e. The first-order valence-corrected chi connectivity index (χ1v) is 9.95. The zero-order chi connectivity index (χ0) is 19.7. The van der Waals surface area contributed by atoms with E-state index >= 15 is 0 Å². The first-order valence-electron chi connectivity index (χ1n) is 9.07. The van der Waals surface area contributed by atoms with Crippen molar-refractivity contribution in [2.45, 2.75) is 13.5 Å². The molecule has 144 valence electrons. The first-order chi connectivity index (χ1) is 13.5. The van der Waals surface area contributed by atoms with Crippen molar-refractivity contribution in [3.8, 4) is 22.8 Å². The average Bonchev–Trinajstić information content (AvgIpc) is 3.11. The highest BCUT2D eigenvalue weighted by molar-refractivity contribution is 7.09. The lowest BCUT2D eigenvalue weighted by Crippen LogP contribution is -2.47. The van der Waals surface area contributed by atoms with Crippen molar-refractivity contribution >= 4 is 17.2 Å². The van der Waals surface area contributed by atoms with Crippen molar-refractivity contribution in [1.82, 2.24) is 24.8 Å². The molecule has 0 radical (unpaired) electrons. The molecule has 1 aliphatic heterocycles. The quantitative estimate of drug-likeness (QED) is 0.732. The summed E-state index contributed by atoms with van der Waals surface area (Å²) in [6.45, 7) is 4.62. The molecule has 3 heterocycles. The largest absolute Gasteiger partial charge is 0.343 e. The number of carbonyl (C=O) groups is 1. The summed E-state index contributed by atoms with van der Waals surface area (Å²) in [4.78, 5) is 39.8. The topological polar surface area (TPSA) is 82.2 Å². The Balaban J connectivity index is 1.60. The van der Waals surface area contributed by atoms with Crippen molar-refractivity contribution < 1.29 is 4.79 Å². The second-order valence-electron chi connectivity index (χ2n) is 6.96. The van der Waals surface area contributed by atoms with Crippen molar-refractivity contribution in [2.24, 2.45) is 0 Å². The molecule has 1 aromatic carbocycles. The Bertz CT molecular complexity index is 1070. The third-order valence-electron chi connectivity index (χ3n) is 4.77. The van der Waals surface area contributed by atoms with Gasteiger partial charge in [-0.3, -0.25) is 14.5 Å². The predicted molar refractivity (Wildman–Crippen MR) is 109 cm³/mol. The molecule has 2 aromatic heterocycles. The van der Waals surface area contributed by atoms with Crippen LogP contribution < -0.4 is 5.56 Å². The van der Waals surface area contributed by atoms with Gasteiger partial charge in [0.15, 0.2) is 0 Å². The summed E-state index contributed by atoms with van der Waals surface area (Å²) in [5.74, 6) is 0.657. The van der Waals surface area contributed by atoms with E-state index in [1.807, 2.05) is 43.6 Å². The molecule has 1 saturated heterocycles. The van der Waals surface area contributed by atoms with Crippen LogP contribution in [0.15, 0.2) is 40.5 Å². The van der Waals surface area contributed by atoms with Gasteiger partial charge in [-0.15, -0.1) is 11.3 Å². The van der Waals surface area contributed by atoms with Crippen LogP contribution >= 0.6 is 11.3 Å². The molecular weight excluding hydrogens is 374 g/mol. The van der Waals surface area contributed by atoms with E-state index in [9.17, 15) is 9.59 Å². The van der Waals surface area contributed by atoms with Gasteiger partial charge in [-0.2, -0.15) is 0 Å². The minimum absolute atomic E-state index is 0.139. The molecule has 0 atom stereocenters. The number of thiazole rings is 1. The number of amides is 1. The lowest BCUT2D eigenvalue weighted by molar-refractivity contribution is -0.134. The second kappa shape index (κ2) is 7.65. The number of aryl methyl sites for hydroxylation is 1. The van der Waals surface area contributed by atoms with Crippen LogP contribution in [0, 0.1) is 6.92 Å². The van der Waals surface area contributed by atoms with Crippen LogP contribution in [-0.2, 0) is 11.3 Å². The Labute approximate surface area is 166 Å². The van der Waals surface area contributed by atoms with Gasteiger partial charge in [-0.1, -0.05) is 18.2 Å². The number of aromatic nitrogens is 3. The Kier molecular flexibility index (Phi) is 5.06. The van der Waals surface area contributed by atoms with E-state index in [1.54, 1.807) is 4.90 Å². The van der Waals surface area contributed by atoms with Crippen LogP contribution in [0.25, 0.3) is 22.8 Å². The summed E-state index contributed by atoms with van der Waals surface area (Å²) in [6.07, 6.45) is 0. The Morgan fingerprint density at radius 2 is 2.00 bits per heavy atom. The van der Waals surface area contributed by atoms with E-state index in [0.29, 0.717) is 30.3 Å². The predicted octanol–water partition coefficient (Wildman–Crippen LogP) is 2.14. The Morgan fingerprint density at radius 3 is 2.75 bits per heavy atom. The number of rotatable bonds is 4. The summed E-state index contributed by atoms with van der Waals surface area (Å²) in [5, 5.41) is 2.84. The fourth-order valence-corrected chi connectivity index (χ4v) is 3.83. The maximum absolute atomic E-state index is 12.2. The standard InChI is InChI=1S/C20H21N5O2S/c1-13-21-17(12-28-13)16-9-18(26)23-20(22-16)15-5-3-4-14(8-15)10-25-7-6-24(2)19(27)11-25/h3-5,8-9,12H,6-7,10-11H2,1-2H3,(H,22,23,26).